The highest BCUT2D eigenvalue weighted by Crippen LogP contribution is 2.03. The number of aliphatic carboxylic acids is 1. The molecule has 0 fully saturated rings. The van der Waals surface area contributed by atoms with Gasteiger partial charge in [-0.25, -0.2) is 4.79 Å². The molecule has 0 aromatic heterocycles. The van der Waals surface area contributed by atoms with Crippen molar-refractivity contribution in [2.75, 3.05) is 20.3 Å². The van der Waals surface area contributed by atoms with Gasteiger partial charge in [-0.1, -0.05) is 5.16 Å². The van der Waals surface area contributed by atoms with Gasteiger partial charge in [-0.2, -0.15) is 0 Å². The van der Waals surface area contributed by atoms with E-state index in [4.69, 9.17) is 20.8 Å². The fourth-order valence-corrected chi connectivity index (χ4v) is 1.38. The number of nitrogens with two attached hydrogens (primary N) is 1. The molecule has 20 heavy (non-hydrogen) atoms. The van der Waals surface area contributed by atoms with Gasteiger partial charge < -0.3 is 31.0 Å². The summed E-state index contributed by atoms with van der Waals surface area (Å²) >= 11 is 0. The Kier molecular flexibility index (Phi) is 8.84. The van der Waals surface area contributed by atoms with Crippen molar-refractivity contribution in [2.45, 2.75) is 32.2 Å². The monoisotopic (exact) mass is 290 g/mol. The molecule has 0 aromatic rings. The van der Waals surface area contributed by atoms with E-state index in [0.29, 0.717) is 31.6 Å². The number of nitrogens with zero attached hydrogens (tertiary/aromatic N) is 2. The van der Waals surface area contributed by atoms with Crippen molar-refractivity contribution >= 4 is 17.9 Å². The van der Waals surface area contributed by atoms with Gasteiger partial charge in [0.05, 0.1) is 0 Å². The van der Waals surface area contributed by atoms with Crippen molar-refractivity contribution in [3.05, 3.63) is 0 Å². The molecule has 0 aliphatic carbocycles. The molecule has 116 valence electrons. The summed E-state index contributed by atoms with van der Waals surface area (Å²) < 4.78 is 4.86. The number of unbranched alkanes of at least 4 members (excludes halogenated alkanes) is 1. The minimum Gasteiger partial charge on any atom is -0.480 e. The number of carbonyl (C=O) groups is 2. The standard InChI is InChI=1S/C11H22N4O5/c1-8(14-19)15(7-20-11(18)13-2)6-4-3-5-9(12)10(16)17/h9,19H,3-7,12H2,1-2H3,(H,13,18)(H,16,17). The van der Waals surface area contributed by atoms with Crippen molar-refractivity contribution in [2.24, 2.45) is 10.9 Å². The Hall–Kier alpha value is -2.03. The average molecular weight is 290 g/mol. The van der Waals surface area contributed by atoms with E-state index in [1.54, 1.807) is 11.8 Å². The third kappa shape index (κ3) is 7.41. The SMILES string of the molecule is CNC(=O)OCN(CCCCC(N)C(=O)O)C(C)=NO. The molecule has 0 bridgehead atoms. The smallest absolute Gasteiger partial charge is 0.408 e. The van der Waals surface area contributed by atoms with Crippen LogP contribution in [0.15, 0.2) is 5.16 Å². The summed E-state index contributed by atoms with van der Waals surface area (Å²) in [6.45, 7) is 1.97. The number of rotatable bonds is 8. The number of nitrogens with one attached hydrogen (secondary N) is 1. The largest absolute Gasteiger partial charge is 0.480 e. The summed E-state index contributed by atoms with van der Waals surface area (Å²) in [6, 6.07) is -0.877. The fourth-order valence-electron chi connectivity index (χ4n) is 1.38. The maximum absolute atomic E-state index is 11.0. The summed E-state index contributed by atoms with van der Waals surface area (Å²) in [6.07, 6.45) is 0.996. The molecule has 0 spiro atoms. The Labute approximate surface area is 117 Å². The molecule has 0 aromatic carbocycles. The number of amidine groups is 1. The van der Waals surface area contributed by atoms with Gasteiger partial charge >= 0.3 is 12.1 Å². The Bertz CT molecular complexity index is 348. The van der Waals surface area contributed by atoms with Crippen molar-refractivity contribution in [1.29, 1.82) is 0 Å². The van der Waals surface area contributed by atoms with Crippen LogP contribution in [-0.4, -0.2) is 59.5 Å². The number of hydrogen-bond acceptors (Lipinski definition) is 6. The first-order valence-electron chi connectivity index (χ1n) is 6.18. The van der Waals surface area contributed by atoms with Crippen LogP contribution in [0.2, 0.25) is 0 Å². The van der Waals surface area contributed by atoms with Gasteiger partial charge in [0.2, 0.25) is 0 Å². The second-order valence-corrected chi connectivity index (χ2v) is 4.16. The van der Waals surface area contributed by atoms with Gasteiger partial charge in [0.15, 0.2) is 6.73 Å². The maximum Gasteiger partial charge on any atom is 0.408 e. The number of ether oxygens (including phenoxy) is 1. The molecule has 0 aliphatic rings. The quantitative estimate of drug-likeness (QED) is 0.123. The zero-order chi connectivity index (χ0) is 15.5. The third-order valence-electron chi connectivity index (χ3n) is 2.67. The molecular weight excluding hydrogens is 268 g/mol. The molecule has 1 unspecified atom stereocenters. The minimum absolute atomic E-state index is 0.0550. The molecular formula is C11H22N4O5. The van der Waals surface area contributed by atoms with Crippen LogP contribution in [0.1, 0.15) is 26.2 Å². The van der Waals surface area contributed by atoms with Crippen LogP contribution >= 0.6 is 0 Å². The summed E-state index contributed by atoms with van der Waals surface area (Å²) in [5.74, 6) is -0.727. The highest BCUT2D eigenvalue weighted by molar-refractivity contribution is 5.79. The van der Waals surface area contributed by atoms with Gasteiger partial charge in [-0.15, -0.1) is 0 Å². The number of carbonyl (C=O) groups excluding carboxylic acids is 1. The van der Waals surface area contributed by atoms with E-state index in [1.807, 2.05) is 0 Å². The van der Waals surface area contributed by atoms with Crippen LogP contribution < -0.4 is 11.1 Å². The lowest BCUT2D eigenvalue weighted by molar-refractivity contribution is -0.138. The number of carboxylic acids is 1. The first-order chi connectivity index (χ1) is 9.42. The number of hydrogen-bond donors (Lipinski definition) is 4. The van der Waals surface area contributed by atoms with Crippen LogP contribution in [-0.2, 0) is 9.53 Å². The number of carboxylic acid groups (broad SMARTS) is 1. The van der Waals surface area contributed by atoms with E-state index in [9.17, 15) is 9.59 Å². The third-order valence-corrected chi connectivity index (χ3v) is 2.67. The topological polar surface area (TPSA) is 137 Å². The predicted molar refractivity (Wildman–Crippen MR) is 71.5 cm³/mol. The van der Waals surface area contributed by atoms with Gasteiger partial charge in [0, 0.05) is 13.6 Å². The van der Waals surface area contributed by atoms with E-state index >= 15 is 0 Å². The predicted octanol–water partition coefficient (Wildman–Crippen LogP) is -0.00830. The van der Waals surface area contributed by atoms with Crippen LogP contribution in [0.3, 0.4) is 0 Å². The van der Waals surface area contributed by atoms with Crippen LogP contribution in [0.25, 0.3) is 0 Å². The normalized spacial score (nSPS) is 12.7. The number of oxime groups is 1. The second-order valence-electron chi connectivity index (χ2n) is 4.16. The molecule has 0 saturated heterocycles. The van der Waals surface area contributed by atoms with Gasteiger partial charge in [0.25, 0.3) is 0 Å². The summed E-state index contributed by atoms with van der Waals surface area (Å²) in [4.78, 5) is 23.1. The van der Waals surface area contributed by atoms with Crippen LogP contribution in [0.4, 0.5) is 4.79 Å². The first-order valence-corrected chi connectivity index (χ1v) is 6.18. The number of alkyl carbamates (subject to hydrolysis) is 1. The molecule has 0 heterocycles. The highest BCUT2D eigenvalue weighted by Gasteiger charge is 2.13. The van der Waals surface area contributed by atoms with E-state index in [2.05, 4.69) is 10.5 Å². The van der Waals surface area contributed by atoms with Gasteiger partial charge in [0.1, 0.15) is 11.9 Å². The van der Waals surface area contributed by atoms with E-state index < -0.39 is 18.1 Å². The Morgan fingerprint density at radius 3 is 2.60 bits per heavy atom. The molecule has 0 rings (SSSR count). The zero-order valence-corrected chi connectivity index (χ0v) is 11.7. The zero-order valence-electron chi connectivity index (χ0n) is 11.7. The van der Waals surface area contributed by atoms with Crippen molar-refractivity contribution < 1.29 is 24.6 Å². The molecule has 0 saturated carbocycles. The summed E-state index contributed by atoms with van der Waals surface area (Å²) in [5, 5.41) is 22.7. The van der Waals surface area contributed by atoms with Gasteiger partial charge in [-0.3, -0.25) is 4.79 Å². The second kappa shape index (κ2) is 9.84. The Morgan fingerprint density at radius 1 is 1.45 bits per heavy atom. The Balaban J connectivity index is 4.11. The molecule has 9 heteroatoms. The summed E-state index contributed by atoms with van der Waals surface area (Å²) in [5.41, 5.74) is 5.38. The van der Waals surface area contributed by atoms with E-state index in [0.717, 1.165) is 0 Å². The van der Waals surface area contributed by atoms with Crippen molar-refractivity contribution in [1.82, 2.24) is 10.2 Å². The Morgan fingerprint density at radius 2 is 2.10 bits per heavy atom. The molecule has 0 radical (unpaired) electrons. The minimum atomic E-state index is -1.03. The lowest BCUT2D eigenvalue weighted by Gasteiger charge is -2.22. The lowest BCUT2D eigenvalue weighted by atomic mass is 10.1. The first kappa shape index (κ1) is 18.0. The van der Waals surface area contributed by atoms with Crippen molar-refractivity contribution in [3.8, 4) is 0 Å². The molecule has 1 amide bonds. The summed E-state index contributed by atoms with van der Waals surface area (Å²) in [7, 11) is 1.44. The maximum atomic E-state index is 11.0. The average Bonchev–Trinajstić information content (AvgIpc) is 2.44. The fraction of sp³-hybridized carbons (Fsp3) is 0.727. The highest BCUT2D eigenvalue weighted by atomic mass is 16.6. The molecule has 9 nitrogen and oxygen atoms in total. The van der Waals surface area contributed by atoms with Crippen LogP contribution in [0.5, 0.6) is 0 Å². The number of amides is 1. The molecule has 5 N–H and O–H groups in total. The van der Waals surface area contributed by atoms with E-state index in [-0.39, 0.29) is 6.73 Å². The molecule has 1 atom stereocenters. The van der Waals surface area contributed by atoms with Crippen molar-refractivity contribution in [3.63, 3.8) is 0 Å². The van der Waals surface area contributed by atoms with Crippen LogP contribution in [0, 0.1) is 0 Å². The van der Waals surface area contributed by atoms with Gasteiger partial charge in [-0.05, 0) is 26.2 Å². The lowest BCUT2D eigenvalue weighted by Crippen LogP contribution is -2.35. The molecule has 0 aliphatic heterocycles. The van der Waals surface area contributed by atoms with E-state index in [1.165, 1.54) is 7.05 Å².